The summed E-state index contributed by atoms with van der Waals surface area (Å²) in [6, 6.07) is 9.74. The maximum absolute atomic E-state index is 5.42. The standard InChI is InChI=1S/C16H25NO/c1-12-6-4-5-7-16(12)13(2)17-14-8-10-15(18-3)11-9-14/h4-7,13-15,17H,8-11H2,1-3H3. The van der Waals surface area contributed by atoms with Crippen molar-refractivity contribution in [1.29, 1.82) is 0 Å². The van der Waals surface area contributed by atoms with Crippen LogP contribution in [0.1, 0.15) is 49.8 Å². The van der Waals surface area contributed by atoms with Crippen molar-refractivity contribution in [3.8, 4) is 0 Å². The molecule has 0 radical (unpaired) electrons. The summed E-state index contributed by atoms with van der Waals surface area (Å²) in [5.74, 6) is 0. The first-order valence-electron chi connectivity index (χ1n) is 7.05. The van der Waals surface area contributed by atoms with Gasteiger partial charge in [-0.25, -0.2) is 0 Å². The van der Waals surface area contributed by atoms with Crippen molar-refractivity contribution in [2.75, 3.05) is 7.11 Å². The van der Waals surface area contributed by atoms with Crippen LogP contribution in [-0.4, -0.2) is 19.3 Å². The Morgan fingerprint density at radius 2 is 1.83 bits per heavy atom. The van der Waals surface area contributed by atoms with Crippen molar-refractivity contribution in [2.24, 2.45) is 0 Å². The number of ether oxygens (including phenoxy) is 1. The predicted molar refractivity (Wildman–Crippen MR) is 75.8 cm³/mol. The first kappa shape index (κ1) is 13.6. The molecule has 1 aliphatic rings. The molecule has 0 saturated heterocycles. The molecule has 1 aromatic rings. The lowest BCUT2D eigenvalue weighted by Gasteiger charge is -2.31. The topological polar surface area (TPSA) is 21.3 Å². The molecule has 0 aliphatic heterocycles. The summed E-state index contributed by atoms with van der Waals surface area (Å²) in [7, 11) is 1.83. The fourth-order valence-corrected chi connectivity index (χ4v) is 2.98. The Morgan fingerprint density at radius 3 is 2.44 bits per heavy atom. The Labute approximate surface area is 111 Å². The first-order chi connectivity index (χ1) is 8.70. The SMILES string of the molecule is COC1CCC(NC(C)c2ccccc2C)CC1. The summed E-state index contributed by atoms with van der Waals surface area (Å²) in [6.45, 7) is 4.46. The third-order valence-corrected chi connectivity index (χ3v) is 4.15. The van der Waals surface area contributed by atoms with Gasteiger partial charge in [-0.05, 0) is 50.7 Å². The monoisotopic (exact) mass is 247 g/mol. The number of hydrogen-bond acceptors (Lipinski definition) is 2. The van der Waals surface area contributed by atoms with Gasteiger partial charge >= 0.3 is 0 Å². The summed E-state index contributed by atoms with van der Waals surface area (Å²) < 4.78 is 5.42. The Bertz CT molecular complexity index is 369. The molecule has 2 rings (SSSR count). The molecule has 100 valence electrons. The minimum absolute atomic E-state index is 0.440. The van der Waals surface area contributed by atoms with Gasteiger partial charge in [-0.1, -0.05) is 24.3 Å². The van der Waals surface area contributed by atoms with Crippen LogP contribution in [0.5, 0.6) is 0 Å². The number of benzene rings is 1. The third-order valence-electron chi connectivity index (χ3n) is 4.15. The molecule has 0 heterocycles. The maximum Gasteiger partial charge on any atom is 0.0572 e. The van der Waals surface area contributed by atoms with E-state index in [2.05, 4.69) is 43.4 Å². The molecule has 1 saturated carbocycles. The lowest BCUT2D eigenvalue weighted by molar-refractivity contribution is 0.0614. The highest BCUT2D eigenvalue weighted by Gasteiger charge is 2.22. The zero-order valence-electron chi connectivity index (χ0n) is 11.8. The molecule has 1 aromatic carbocycles. The van der Waals surface area contributed by atoms with Gasteiger partial charge in [0.1, 0.15) is 0 Å². The van der Waals surface area contributed by atoms with E-state index in [1.807, 2.05) is 7.11 Å². The normalized spacial score (nSPS) is 25.9. The van der Waals surface area contributed by atoms with Crippen molar-refractivity contribution in [3.63, 3.8) is 0 Å². The van der Waals surface area contributed by atoms with Gasteiger partial charge in [0.15, 0.2) is 0 Å². The van der Waals surface area contributed by atoms with E-state index in [0.717, 1.165) is 0 Å². The van der Waals surface area contributed by atoms with E-state index >= 15 is 0 Å². The molecule has 1 unspecified atom stereocenters. The number of methoxy groups -OCH3 is 1. The third kappa shape index (κ3) is 3.33. The van der Waals surface area contributed by atoms with Gasteiger partial charge in [-0.3, -0.25) is 0 Å². The number of aryl methyl sites for hydroxylation is 1. The van der Waals surface area contributed by atoms with E-state index in [1.54, 1.807) is 0 Å². The molecule has 1 aliphatic carbocycles. The van der Waals surface area contributed by atoms with E-state index in [-0.39, 0.29) is 0 Å². The van der Waals surface area contributed by atoms with Gasteiger partial charge in [-0.2, -0.15) is 0 Å². The Kier molecular flexibility index (Phi) is 4.79. The second-order valence-electron chi connectivity index (χ2n) is 5.45. The van der Waals surface area contributed by atoms with Gasteiger partial charge < -0.3 is 10.1 Å². The number of nitrogens with one attached hydrogen (secondary N) is 1. The van der Waals surface area contributed by atoms with Gasteiger partial charge in [0.2, 0.25) is 0 Å². The summed E-state index contributed by atoms with van der Waals surface area (Å²) in [5.41, 5.74) is 2.80. The van der Waals surface area contributed by atoms with Gasteiger partial charge in [0.25, 0.3) is 0 Å². The minimum Gasteiger partial charge on any atom is -0.381 e. The van der Waals surface area contributed by atoms with Gasteiger partial charge in [0.05, 0.1) is 6.10 Å². The molecule has 2 heteroatoms. The van der Waals surface area contributed by atoms with Crippen LogP contribution in [0.3, 0.4) is 0 Å². The number of hydrogen-bond donors (Lipinski definition) is 1. The highest BCUT2D eigenvalue weighted by Crippen LogP contribution is 2.24. The molecule has 1 fully saturated rings. The van der Waals surface area contributed by atoms with Crippen molar-refractivity contribution < 1.29 is 4.74 Å². The van der Waals surface area contributed by atoms with E-state index < -0.39 is 0 Å². The Morgan fingerprint density at radius 1 is 1.17 bits per heavy atom. The molecule has 2 nitrogen and oxygen atoms in total. The second kappa shape index (κ2) is 6.35. The van der Waals surface area contributed by atoms with Crippen LogP contribution in [0, 0.1) is 6.92 Å². The van der Waals surface area contributed by atoms with Crippen LogP contribution in [0.2, 0.25) is 0 Å². The summed E-state index contributed by atoms with van der Waals surface area (Å²) >= 11 is 0. The van der Waals surface area contributed by atoms with Crippen LogP contribution in [-0.2, 0) is 4.74 Å². The van der Waals surface area contributed by atoms with Gasteiger partial charge in [-0.15, -0.1) is 0 Å². The highest BCUT2D eigenvalue weighted by atomic mass is 16.5. The Hall–Kier alpha value is -0.860. The van der Waals surface area contributed by atoms with Gasteiger partial charge in [0, 0.05) is 19.2 Å². The van der Waals surface area contributed by atoms with Crippen molar-refractivity contribution in [1.82, 2.24) is 5.32 Å². The largest absolute Gasteiger partial charge is 0.381 e. The smallest absolute Gasteiger partial charge is 0.0572 e. The molecule has 0 spiro atoms. The highest BCUT2D eigenvalue weighted by molar-refractivity contribution is 5.28. The summed E-state index contributed by atoms with van der Waals surface area (Å²) in [5, 5.41) is 3.77. The van der Waals surface area contributed by atoms with Crippen LogP contribution in [0.25, 0.3) is 0 Å². The zero-order valence-corrected chi connectivity index (χ0v) is 11.8. The van der Waals surface area contributed by atoms with Crippen molar-refractivity contribution >= 4 is 0 Å². The molecular formula is C16H25NO. The molecule has 1 atom stereocenters. The van der Waals surface area contributed by atoms with Crippen molar-refractivity contribution in [3.05, 3.63) is 35.4 Å². The van der Waals surface area contributed by atoms with Crippen LogP contribution >= 0.6 is 0 Å². The van der Waals surface area contributed by atoms with E-state index in [0.29, 0.717) is 18.2 Å². The molecule has 0 bridgehead atoms. The molecule has 1 N–H and O–H groups in total. The summed E-state index contributed by atoms with van der Waals surface area (Å²) in [4.78, 5) is 0. The minimum atomic E-state index is 0.440. The molecular weight excluding hydrogens is 222 g/mol. The zero-order chi connectivity index (χ0) is 13.0. The van der Waals surface area contributed by atoms with Crippen LogP contribution in [0.4, 0.5) is 0 Å². The second-order valence-corrected chi connectivity index (χ2v) is 5.45. The first-order valence-corrected chi connectivity index (χ1v) is 7.05. The molecule has 0 amide bonds. The average molecular weight is 247 g/mol. The summed E-state index contributed by atoms with van der Waals surface area (Å²) in [6.07, 6.45) is 5.32. The fraction of sp³-hybridized carbons (Fsp3) is 0.625. The van der Waals surface area contributed by atoms with E-state index in [4.69, 9.17) is 4.74 Å². The average Bonchev–Trinajstić information content (AvgIpc) is 2.40. The number of rotatable bonds is 4. The fourth-order valence-electron chi connectivity index (χ4n) is 2.98. The Balaban J connectivity index is 1.89. The quantitative estimate of drug-likeness (QED) is 0.877. The van der Waals surface area contributed by atoms with E-state index in [9.17, 15) is 0 Å². The maximum atomic E-state index is 5.42. The molecule has 18 heavy (non-hydrogen) atoms. The molecule has 0 aromatic heterocycles. The van der Waals surface area contributed by atoms with Crippen molar-refractivity contribution in [2.45, 2.75) is 57.7 Å². The van der Waals surface area contributed by atoms with E-state index in [1.165, 1.54) is 36.8 Å². The lowest BCUT2D eigenvalue weighted by atomic mass is 9.91. The predicted octanol–water partition coefficient (Wildman–Crippen LogP) is 3.60. The lowest BCUT2D eigenvalue weighted by Crippen LogP contribution is -2.36. The van der Waals surface area contributed by atoms with Crippen LogP contribution in [0.15, 0.2) is 24.3 Å². The van der Waals surface area contributed by atoms with Crippen LogP contribution < -0.4 is 5.32 Å².